The van der Waals surface area contributed by atoms with Gasteiger partial charge < -0.3 is 15.2 Å². The first-order valence-electron chi connectivity index (χ1n) is 6.21. The van der Waals surface area contributed by atoms with Gasteiger partial charge in [0.05, 0.1) is 6.10 Å². The van der Waals surface area contributed by atoms with Crippen LogP contribution < -0.4 is 5.32 Å². The average Bonchev–Trinajstić information content (AvgIpc) is 2.51. The fourth-order valence-corrected chi connectivity index (χ4v) is 2.29. The van der Waals surface area contributed by atoms with Crippen molar-refractivity contribution in [2.75, 3.05) is 13.2 Å². The number of carbonyl (C=O) groups excluding carboxylic acids is 1. The van der Waals surface area contributed by atoms with Crippen molar-refractivity contribution in [1.29, 1.82) is 0 Å². The van der Waals surface area contributed by atoms with E-state index in [2.05, 4.69) is 5.32 Å². The van der Waals surface area contributed by atoms with Crippen LogP contribution in [0.1, 0.15) is 39.0 Å². The molecule has 0 aromatic heterocycles. The SMILES string of the molecule is CC1OCCC1(O)CNC(=O)CC1CCC1. The predicted octanol–water partition coefficient (Wildman–Crippen LogP) is 0.833. The molecule has 0 bridgehead atoms. The minimum absolute atomic E-state index is 0.0669. The summed E-state index contributed by atoms with van der Waals surface area (Å²) in [6.07, 6.45) is 4.65. The molecule has 1 amide bonds. The van der Waals surface area contributed by atoms with Crippen molar-refractivity contribution in [3.05, 3.63) is 0 Å². The highest BCUT2D eigenvalue weighted by atomic mass is 16.5. The van der Waals surface area contributed by atoms with Crippen LogP contribution in [0.25, 0.3) is 0 Å². The number of carbonyl (C=O) groups is 1. The van der Waals surface area contributed by atoms with Crippen molar-refractivity contribution < 1.29 is 14.6 Å². The van der Waals surface area contributed by atoms with Crippen LogP contribution in [0, 0.1) is 5.92 Å². The van der Waals surface area contributed by atoms with Gasteiger partial charge in [0.1, 0.15) is 5.60 Å². The first-order valence-corrected chi connectivity index (χ1v) is 6.21. The van der Waals surface area contributed by atoms with E-state index in [1.807, 2.05) is 6.92 Å². The Bertz CT molecular complexity index is 265. The van der Waals surface area contributed by atoms with E-state index in [0.29, 0.717) is 31.9 Å². The van der Waals surface area contributed by atoms with Crippen LogP contribution >= 0.6 is 0 Å². The molecule has 2 unspecified atom stereocenters. The largest absolute Gasteiger partial charge is 0.385 e. The summed E-state index contributed by atoms with van der Waals surface area (Å²) >= 11 is 0. The normalized spacial score (nSPS) is 34.8. The zero-order chi connectivity index (χ0) is 11.6. The summed E-state index contributed by atoms with van der Waals surface area (Å²) in [4.78, 5) is 11.6. The molecule has 1 heterocycles. The number of ether oxygens (including phenoxy) is 1. The molecule has 0 aromatic carbocycles. The highest BCUT2D eigenvalue weighted by Gasteiger charge is 2.39. The maximum atomic E-state index is 11.6. The number of rotatable bonds is 4. The number of hydrogen-bond acceptors (Lipinski definition) is 3. The molecule has 2 rings (SSSR count). The Morgan fingerprint density at radius 2 is 2.31 bits per heavy atom. The standard InChI is InChI=1S/C12H21NO3/c1-9-12(15,5-6-16-9)8-13-11(14)7-10-3-2-4-10/h9-10,15H,2-8H2,1H3,(H,13,14). The lowest BCUT2D eigenvalue weighted by Gasteiger charge is -2.28. The molecule has 2 aliphatic rings. The third-order valence-corrected chi connectivity index (χ3v) is 3.95. The highest BCUT2D eigenvalue weighted by molar-refractivity contribution is 5.76. The maximum absolute atomic E-state index is 11.6. The van der Waals surface area contributed by atoms with Gasteiger partial charge in [0.15, 0.2) is 0 Å². The van der Waals surface area contributed by atoms with Gasteiger partial charge in [-0.25, -0.2) is 0 Å². The van der Waals surface area contributed by atoms with Gasteiger partial charge >= 0.3 is 0 Å². The molecule has 2 N–H and O–H groups in total. The Morgan fingerprint density at radius 1 is 1.56 bits per heavy atom. The maximum Gasteiger partial charge on any atom is 0.220 e. The van der Waals surface area contributed by atoms with Gasteiger partial charge in [0.2, 0.25) is 5.91 Å². The Labute approximate surface area is 96.4 Å². The Balaban J connectivity index is 1.71. The number of nitrogens with one attached hydrogen (secondary N) is 1. The van der Waals surface area contributed by atoms with E-state index >= 15 is 0 Å². The minimum atomic E-state index is -0.866. The van der Waals surface area contributed by atoms with Gasteiger partial charge in [-0.05, 0) is 25.7 Å². The van der Waals surface area contributed by atoms with Crippen LogP contribution in [0.15, 0.2) is 0 Å². The topological polar surface area (TPSA) is 58.6 Å². The lowest BCUT2D eigenvalue weighted by molar-refractivity contribution is -0.124. The zero-order valence-electron chi connectivity index (χ0n) is 9.87. The predicted molar refractivity (Wildman–Crippen MR) is 59.9 cm³/mol. The molecule has 16 heavy (non-hydrogen) atoms. The number of aliphatic hydroxyl groups is 1. The van der Waals surface area contributed by atoms with E-state index in [9.17, 15) is 9.90 Å². The second-order valence-electron chi connectivity index (χ2n) is 5.14. The first-order chi connectivity index (χ1) is 7.60. The van der Waals surface area contributed by atoms with Crippen molar-refractivity contribution >= 4 is 5.91 Å². The molecule has 1 aliphatic carbocycles. The van der Waals surface area contributed by atoms with Crippen LogP contribution in [0.4, 0.5) is 0 Å². The Morgan fingerprint density at radius 3 is 2.81 bits per heavy atom. The summed E-state index contributed by atoms with van der Waals surface area (Å²) in [5.74, 6) is 0.643. The molecular weight excluding hydrogens is 206 g/mol. The number of hydrogen-bond donors (Lipinski definition) is 2. The molecule has 0 spiro atoms. The molecule has 92 valence electrons. The second-order valence-corrected chi connectivity index (χ2v) is 5.14. The van der Waals surface area contributed by atoms with Gasteiger partial charge in [-0.1, -0.05) is 6.42 Å². The van der Waals surface area contributed by atoms with Crippen LogP contribution in [-0.4, -0.2) is 35.9 Å². The smallest absolute Gasteiger partial charge is 0.220 e. The number of amides is 1. The average molecular weight is 227 g/mol. The van der Waals surface area contributed by atoms with E-state index in [-0.39, 0.29) is 12.0 Å². The van der Waals surface area contributed by atoms with Gasteiger partial charge in [-0.3, -0.25) is 4.79 Å². The quantitative estimate of drug-likeness (QED) is 0.748. The van der Waals surface area contributed by atoms with Gasteiger partial charge in [0, 0.05) is 26.0 Å². The molecule has 1 saturated carbocycles. The second kappa shape index (κ2) is 4.72. The van der Waals surface area contributed by atoms with Gasteiger partial charge in [0.25, 0.3) is 0 Å². The first kappa shape index (κ1) is 11.9. The lowest BCUT2D eigenvalue weighted by atomic mass is 9.83. The monoisotopic (exact) mass is 227 g/mol. The molecule has 0 aromatic rings. The molecule has 4 heteroatoms. The summed E-state index contributed by atoms with van der Waals surface area (Å²) in [5.41, 5.74) is -0.866. The van der Waals surface area contributed by atoms with E-state index in [1.165, 1.54) is 19.3 Å². The van der Waals surface area contributed by atoms with Crippen LogP contribution in [0.3, 0.4) is 0 Å². The molecule has 1 aliphatic heterocycles. The summed E-state index contributed by atoms with van der Waals surface area (Å²) in [6.45, 7) is 2.75. The minimum Gasteiger partial charge on any atom is -0.385 e. The summed E-state index contributed by atoms with van der Waals surface area (Å²) in [7, 11) is 0. The van der Waals surface area contributed by atoms with Crippen LogP contribution in [0.2, 0.25) is 0 Å². The zero-order valence-corrected chi connectivity index (χ0v) is 9.87. The van der Waals surface area contributed by atoms with E-state index < -0.39 is 5.60 Å². The fraction of sp³-hybridized carbons (Fsp3) is 0.917. The molecule has 1 saturated heterocycles. The molecule has 2 fully saturated rings. The summed E-state index contributed by atoms with van der Waals surface area (Å²) < 4.78 is 5.31. The molecular formula is C12H21NO3. The van der Waals surface area contributed by atoms with Crippen LogP contribution in [0.5, 0.6) is 0 Å². The van der Waals surface area contributed by atoms with Crippen LogP contribution in [-0.2, 0) is 9.53 Å². The van der Waals surface area contributed by atoms with Crippen molar-refractivity contribution in [3.8, 4) is 0 Å². The Hall–Kier alpha value is -0.610. The Kier molecular flexibility index (Phi) is 3.50. The van der Waals surface area contributed by atoms with Crippen molar-refractivity contribution in [2.24, 2.45) is 5.92 Å². The van der Waals surface area contributed by atoms with E-state index in [4.69, 9.17) is 4.74 Å². The van der Waals surface area contributed by atoms with Crippen molar-refractivity contribution in [2.45, 2.75) is 50.7 Å². The van der Waals surface area contributed by atoms with Gasteiger partial charge in [-0.2, -0.15) is 0 Å². The third kappa shape index (κ3) is 2.55. The van der Waals surface area contributed by atoms with Crippen molar-refractivity contribution in [3.63, 3.8) is 0 Å². The lowest BCUT2D eigenvalue weighted by Crippen LogP contribution is -2.47. The molecule has 2 atom stereocenters. The third-order valence-electron chi connectivity index (χ3n) is 3.95. The van der Waals surface area contributed by atoms with E-state index in [0.717, 1.165) is 0 Å². The molecule has 4 nitrogen and oxygen atoms in total. The summed E-state index contributed by atoms with van der Waals surface area (Å²) in [5, 5.41) is 13.0. The highest BCUT2D eigenvalue weighted by Crippen LogP contribution is 2.29. The van der Waals surface area contributed by atoms with Gasteiger partial charge in [-0.15, -0.1) is 0 Å². The van der Waals surface area contributed by atoms with E-state index in [1.54, 1.807) is 0 Å². The van der Waals surface area contributed by atoms with Crippen molar-refractivity contribution in [1.82, 2.24) is 5.32 Å². The summed E-state index contributed by atoms with van der Waals surface area (Å²) in [6, 6.07) is 0. The fourth-order valence-electron chi connectivity index (χ4n) is 2.29. The molecule has 0 radical (unpaired) electrons.